The van der Waals surface area contributed by atoms with Gasteiger partial charge in [0, 0.05) is 32.7 Å². The summed E-state index contributed by atoms with van der Waals surface area (Å²) >= 11 is 12.1. The number of piperazine rings is 1. The lowest BCUT2D eigenvalue weighted by molar-refractivity contribution is 0.251. The van der Waals surface area contributed by atoms with Gasteiger partial charge in [-0.3, -0.25) is 4.90 Å². The van der Waals surface area contributed by atoms with Gasteiger partial charge < -0.3 is 9.47 Å². The lowest BCUT2D eigenvalue weighted by atomic mass is 10.1. The van der Waals surface area contributed by atoms with Crippen molar-refractivity contribution >= 4 is 28.9 Å². The van der Waals surface area contributed by atoms with Gasteiger partial charge in [-0.2, -0.15) is 5.26 Å². The van der Waals surface area contributed by atoms with Crippen LogP contribution in [0.3, 0.4) is 0 Å². The second-order valence-electron chi connectivity index (χ2n) is 6.56. The minimum atomic E-state index is 0.387. The minimum absolute atomic E-state index is 0.387. The molecule has 1 fully saturated rings. The Balaban J connectivity index is 1.43. The molecule has 0 aliphatic carbocycles. The molecule has 138 valence electrons. The number of nitrogens with zero attached hydrogens (tertiary/aromatic N) is 5. The van der Waals surface area contributed by atoms with E-state index in [9.17, 15) is 5.26 Å². The van der Waals surface area contributed by atoms with Gasteiger partial charge >= 0.3 is 0 Å². The van der Waals surface area contributed by atoms with E-state index < -0.39 is 0 Å². The summed E-state index contributed by atoms with van der Waals surface area (Å²) in [5.41, 5.74) is 1.81. The lowest BCUT2D eigenvalue weighted by Crippen LogP contribution is -2.46. The Bertz CT molecular complexity index is 788. The van der Waals surface area contributed by atoms with Crippen LogP contribution in [0.2, 0.25) is 10.3 Å². The zero-order valence-electron chi connectivity index (χ0n) is 15.0. The molecule has 0 atom stereocenters. The fourth-order valence-electron chi connectivity index (χ4n) is 3.42. The summed E-state index contributed by atoms with van der Waals surface area (Å²) in [6.45, 7) is 7.82. The fraction of sp³-hybridized carbons (Fsp3) is 0.474. The molecule has 1 aliphatic heterocycles. The first-order chi connectivity index (χ1) is 12.6. The van der Waals surface area contributed by atoms with Crippen molar-refractivity contribution in [2.24, 2.45) is 0 Å². The first kappa shape index (κ1) is 19.0. The number of hydrogen-bond acceptors (Lipinski definition) is 4. The first-order valence-corrected chi connectivity index (χ1v) is 9.70. The van der Waals surface area contributed by atoms with Crippen LogP contribution < -0.4 is 4.90 Å². The predicted octanol–water partition coefficient (Wildman–Crippen LogP) is 3.97. The van der Waals surface area contributed by atoms with Crippen molar-refractivity contribution in [1.82, 2.24) is 14.5 Å². The third-order valence-corrected chi connectivity index (χ3v) is 5.64. The number of para-hydroxylation sites is 1. The van der Waals surface area contributed by atoms with Crippen molar-refractivity contribution in [2.45, 2.75) is 26.3 Å². The van der Waals surface area contributed by atoms with Gasteiger partial charge in [-0.25, -0.2) is 4.98 Å². The molecule has 0 N–H and O–H groups in total. The van der Waals surface area contributed by atoms with Crippen LogP contribution in [-0.2, 0) is 6.54 Å². The minimum Gasteiger partial charge on any atom is -0.368 e. The molecule has 2 aromatic rings. The number of rotatable bonds is 6. The summed E-state index contributed by atoms with van der Waals surface area (Å²) in [5.74, 6) is 0.866. The van der Waals surface area contributed by atoms with Crippen LogP contribution in [-0.4, -0.2) is 47.2 Å². The molecule has 1 aromatic carbocycles. The normalized spacial score (nSPS) is 15.2. The van der Waals surface area contributed by atoms with E-state index in [1.807, 2.05) is 35.8 Å². The molecule has 1 saturated heterocycles. The first-order valence-electron chi connectivity index (χ1n) is 8.94. The second kappa shape index (κ2) is 8.77. The van der Waals surface area contributed by atoms with Crippen LogP contribution in [0.4, 0.5) is 5.69 Å². The van der Waals surface area contributed by atoms with Crippen molar-refractivity contribution in [3.63, 3.8) is 0 Å². The van der Waals surface area contributed by atoms with Crippen molar-refractivity contribution in [3.8, 4) is 6.07 Å². The van der Waals surface area contributed by atoms with E-state index in [1.54, 1.807) is 0 Å². The molecular weight excluding hydrogens is 369 g/mol. The molecule has 0 radical (unpaired) electrons. The fourth-order valence-corrected chi connectivity index (χ4v) is 3.90. The SMILES string of the molecule is Cc1nc(Cl)c(Cl)n1CCCCN1CCN(c2ccccc2C#N)CC1. The molecular formula is C19H23Cl2N5. The third kappa shape index (κ3) is 4.32. The van der Waals surface area contributed by atoms with Gasteiger partial charge in [-0.1, -0.05) is 35.3 Å². The number of aryl methyl sites for hydroxylation is 1. The van der Waals surface area contributed by atoms with Gasteiger partial charge in [0.2, 0.25) is 0 Å². The maximum Gasteiger partial charge on any atom is 0.166 e. The Kier molecular flexibility index (Phi) is 6.42. The molecule has 0 saturated carbocycles. The molecule has 1 aromatic heterocycles. The highest BCUT2D eigenvalue weighted by molar-refractivity contribution is 6.40. The average Bonchev–Trinajstić information content (AvgIpc) is 2.91. The number of hydrogen-bond donors (Lipinski definition) is 0. The summed E-state index contributed by atoms with van der Waals surface area (Å²) in [6.07, 6.45) is 2.16. The number of unbranched alkanes of at least 4 members (excludes halogenated alkanes) is 1. The van der Waals surface area contributed by atoms with Crippen LogP contribution in [0.5, 0.6) is 0 Å². The molecule has 2 heterocycles. The number of halogens is 2. The molecule has 0 unspecified atom stereocenters. The highest BCUT2D eigenvalue weighted by Crippen LogP contribution is 2.23. The standard InChI is InChI=1S/C19H23Cl2N5/c1-15-23-18(20)19(21)26(15)9-5-4-8-24-10-12-25(13-11-24)17-7-3-2-6-16(17)14-22/h2-3,6-7H,4-5,8-13H2,1H3. The quantitative estimate of drug-likeness (QED) is 0.698. The largest absolute Gasteiger partial charge is 0.368 e. The van der Waals surface area contributed by atoms with Crippen molar-refractivity contribution in [2.75, 3.05) is 37.6 Å². The van der Waals surface area contributed by atoms with E-state index in [0.29, 0.717) is 10.3 Å². The topological polar surface area (TPSA) is 48.1 Å². The summed E-state index contributed by atoms with van der Waals surface area (Å²) in [6, 6.07) is 10.1. The molecule has 7 heteroatoms. The summed E-state index contributed by atoms with van der Waals surface area (Å²) in [5, 5.41) is 10.2. The van der Waals surface area contributed by atoms with Gasteiger partial charge in [-0.15, -0.1) is 0 Å². The molecule has 26 heavy (non-hydrogen) atoms. The lowest BCUT2D eigenvalue weighted by Gasteiger charge is -2.36. The zero-order chi connectivity index (χ0) is 18.5. The van der Waals surface area contributed by atoms with Crippen molar-refractivity contribution in [1.29, 1.82) is 5.26 Å². The van der Waals surface area contributed by atoms with E-state index >= 15 is 0 Å². The maximum atomic E-state index is 9.27. The molecule has 0 bridgehead atoms. The van der Waals surface area contributed by atoms with Crippen LogP contribution >= 0.6 is 23.2 Å². The molecule has 0 spiro atoms. The van der Waals surface area contributed by atoms with Gasteiger partial charge in [0.15, 0.2) is 5.15 Å². The zero-order valence-corrected chi connectivity index (χ0v) is 16.5. The van der Waals surface area contributed by atoms with E-state index in [-0.39, 0.29) is 0 Å². The Labute approximate surface area is 164 Å². The number of aromatic nitrogens is 2. The average molecular weight is 392 g/mol. The van der Waals surface area contributed by atoms with Gasteiger partial charge in [0.05, 0.1) is 11.3 Å². The Morgan fingerprint density at radius 2 is 1.77 bits per heavy atom. The van der Waals surface area contributed by atoms with Crippen molar-refractivity contribution < 1.29 is 0 Å². The second-order valence-corrected chi connectivity index (χ2v) is 7.27. The van der Waals surface area contributed by atoms with E-state index in [4.69, 9.17) is 23.2 Å². The monoisotopic (exact) mass is 391 g/mol. The smallest absolute Gasteiger partial charge is 0.166 e. The Morgan fingerprint density at radius 1 is 1.08 bits per heavy atom. The molecule has 0 amide bonds. The van der Waals surface area contributed by atoms with Gasteiger partial charge in [-0.05, 0) is 38.4 Å². The van der Waals surface area contributed by atoms with Crippen molar-refractivity contribution in [3.05, 3.63) is 46.0 Å². The molecule has 3 rings (SSSR count). The van der Waals surface area contributed by atoms with Gasteiger partial charge in [0.1, 0.15) is 17.0 Å². The molecule has 5 nitrogen and oxygen atoms in total. The van der Waals surface area contributed by atoms with Crippen LogP contribution in [0.25, 0.3) is 0 Å². The third-order valence-electron chi connectivity index (χ3n) is 4.90. The summed E-state index contributed by atoms with van der Waals surface area (Å²) in [7, 11) is 0. The number of benzene rings is 1. The van der Waals surface area contributed by atoms with Crippen LogP contribution in [0, 0.1) is 18.3 Å². The number of anilines is 1. The van der Waals surface area contributed by atoms with E-state index in [2.05, 4.69) is 20.9 Å². The highest BCUT2D eigenvalue weighted by Gasteiger charge is 2.18. The number of nitriles is 1. The van der Waals surface area contributed by atoms with Gasteiger partial charge in [0.25, 0.3) is 0 Å². The number of imidazole rings is 1. The highest BCUT2D eigenvalue weighted by atomic mass is 35.5. The van der Waals surface area contributed by atoms with E-state index in [1.165, 1.54) is 0 Å². The van der Waals surface area contributed by atoms with E-state index in [0.717, 1.165) is 69.2 Å². The van der Waals surface area contributed by atoms with Crippen LogP contribution in [0.15, 0.2) is 24.3 Å². The van der Waals surface area contributed by atoms with Crippen LogP contribution in [0.1, 0.15) is 24.2 Å². The maximum absolute atomic E-state index is 9.27. The summed E-state index contributed by atoms with van der Waals surface area (Å²) < 4.78 is 1.97. The summed E-state index contributed by atoms with van der Waals surface area (Å²) in [4.78, 5) is 8.99. The Morgan fingerprint density at radius 3 is 2.42 bits per heavy atom. The molecule has 1 aliphatic rings. The Hall–Kier alpha value is -1.74. The predicted molar refractivity (Wildman–Crippen MR) is 106 cm³/mol.